The first-order chi connectivity index (χ1) is 15.4. The highest BCUT2D eigenvalue weighted by molar-refractivity contribution is 5.90. The fraction of sp³-hybridized carbons (Fsp3) is 0.333. The highest BCUT2D eigenvalue weighted by atomic mass is 19.4. The number of urea groups is 1. The summed E-state index contributed by atoms with van der Waals surface area (Å²) < 4.78 is 41.2. The van der Waals surface area contributed by atoms with Gasteiger partial charge in [0.1, 0.15) is 0 Å². The molecule has 168 valence electrons. The van der Waals surface area contributed by atoms with Crippen molar-refractivity contribution < 1.29 is 18.0 Å². The Labute approximate surface area is 182 Å². The summed E-state index contributed by atoms with van der Waals surface area (Å²) in [5.41, 5.74) is 0.866. The topological polar surface area (TPSA) is 79.2 Å². The van der Waals surface area contributed by atoms with Crippen LogP contribution >= 0.6 is 0 Å². The van der Waals surface area contributed by atoms with E-state index in [1.165, 1.54) is 23.1 Å². The van der Waals surface area contributed by atoms with Crippen LogP contribution in [0, 0.1) is 0 Å². The van der Waals surface area contributed by atoms with Gasteiger partial charge in [0, 0.05) is 26.2 Å². The van der Waals surface area contributed by atoms with E-state index in [0.29, 0.717) is 32.1 Å². The van der Waals surface area contributed by atoms with E-state index in [1.807, 2.05) is 29.2 Å². The van der Waals surface area contributed by atoms with Crippen molar-refractivity contribution in [1.82, 2.24) is 25.1 Å². The third kappa shape index (κ3) is 4.51. The number of nitrogens with one attached hydrogen (secondary N) is 1. The Morgan fingerprint density at radius 2 is 1.81 bits per heavy atom. The Morgan fingerprint density at radius 3 is 2.53 bits per heavy atom. The van der Waals surface area contributed by atoms with Crippen molar-refractivity contribution in [3.63, 3.8) is 0 Å². The highest BCUT2D eigenvalue weighted by Gasteiger charge is 2.34. The van der Waals surface area contributed by atoms with Crippen molar-refractivity contribution >= 4 is 17.7 Å². The molecule has 0 atom stereocenters. The van der Waals surface area contributed by atoms with E-state index in [4.69, 9.17) is 0 Å². The van der Waals surface area contributed by atoms with Gasteiger partial charge < -0.3 is 15.1 Å². The number of hydrogen-bond acceptors (Lipinski definition) is 5. The van der Waals surface area contributed by atoms with Gasteiger partial charge in [0.05, 0.1) is 16.9 Å². The summed E-state index contributed by atoms with van der Waals surface area (Å²) >= 11 is 0. The van der Waals surface area contributed by atoms with Crippen molar-refractivity contribution in [2.75, 3.05) is 36.4 Å². The van der Waals surface area contributed by atoms with Crippen LogP contribution in [0.15, 0.2) is 48.5 Å². The number of amides is 2. The largest absolute Gasteiger partial charge is 0.418 e. The molecular weight excluding hydrogens is 423 g/mol. The lowest BCUT2D eigenvalue weighted by Gasteiger charge is -2.34. The van der Waals surface area contributed by atoms with Gasteiger partial charge in [-0.05, 0) is 46.7 Å². The predicted octanol–water partition coefficient (Wildman–Crippen LogP) is 3.60. The third-order valence-corrected chi connectivity index (χ3v) is 5.34. The Bertz CT molecular complexity index is 1090. The number of rotatable bonds is 4. The van der Waals surface area contributed by atoms with E-state index in [2.05, 4.69) is 27.8 Å². The van der Waals surface area contributed by atoms with E-state index in [1.54, 1.807) is 4.68 Å². The molecule has 32 heavy (non-hydrogen) atoms. The van der Waals surface area contributed by atoms with E-state index in [9.17, 15) is 18.0 Å². The van der Waals surface area contributed by atoms with E-state index >= 15 is 0 Å². The molecular formula is C21H22F3N7O. The van der Waals surface area contributed by atoms with Gasteiger partial charge in [0.2, 0.25) is 5.95 Å². The fourth-order valence-corrected chi connectivity index (χ4v) is 3.60. The molecule has 4 rings (SSSR count). The number of para-hydroxylation sites is 1. The second-order valence-electron chi connectivity index (χ2n) is 7.36. The summed E-state index contributed by atoms with van der Waals surface area (Å²) in [6.45, 7) is 3.60. The number of alkyl halides is 3. The quantitative estimate of drug-likeness (QED) is 0.664. The molecule has 1 fully saturated rings. The second kappa shape index (κ2) is 8.85. The van der Waals surface area contributed by atoms with E-state index in [0.717, 1.165) is 23.7 Å². The minimum Gasteiger partial charge on any atom is -0.336 e. The number of carbonyl (C=O) groups is 1. The molecule has 1 N–H and O–H groups in total. The first-order valence-electron chi connectivity index (χ1n) is 10.2. The average molecular weight is 445 g/mol. The van der Waals surface area contributed by atoms with Gasteiger partial charge in [-0.15, -0.1) is 0 Å². The smallest absolute Gasteiger partial charge is 0.336 e. The number of carbonyl (C=O) groups excluding carboxylic acids is 1. The van der Waals surface area contributed by atoms with Crippen LogP contribution in [0.25, 0.3) is 5.69 Å². The maximum absolute atomic E-state index is 13.2. The number of aromatic nitrogens is 4. The average Bonchev–Trinajstić information content (AvgIpc) is 3.29. The molecule has 1 aromatic heterocycles. The van der Waals surface area contributed by atoms with Crippen molar-refractivity contribution in [3.05, 3.63) is 59.7 Å². The molecule has 0 unspecified atom stereocenters. The summed E-state index contributed by atoms with van der Waals surface area (Å²) in [5, 5.41) is 14.4. The lowest BCUT2D eigenvalue weighted by molar-refractivity contribution is -0.136. The van der Waals surface area contributed by atoms with Crippen molar-refractivity contribution in [3.8, 4) is 5.69 Å². The summed E-state index contributed by atoms with van der Waals surface area (Å²) in [7, 11) is 0. The molecule has 0 aliphatic carbocycles. The van der Waals surface area contributed by atoms with Gasteiger partial charge in [-0.3, -0.25) is 0 Å². The second-order valence-corrected chi connectivity index (χ2v) is 7.36. The molecule has 1 saturated heterocycles. The molecule has 0 radical (unpaired) electrons. The summed E-state index contributed by atoms with van der Waals surface area (Å²) in [6, 6.07) is 12.3. The van der Waals surface area contributed by atoms with Gasteiger partial charge in [-0.2, -0.15) is 17.9 Å². The molecule has 2 heterocycles. The van der Waals surface area contributed by atoms with Crippen molar-refractivity contribution in [1.29, 1.82) is 0 Å². The van der Waals surface area contributed by atoms with Gasteiger partial charge >= 0.3 is 12.2 Å². The molecule has 11 heteroatoms. The van der Waals surface area contributed by atoms with E-state index < -0.39 is 17.8 Å². The molecule has 0 saturated carbocycles. The van der Waals surface area contributed by atoms with Crippen LogP contribution in [0.5, 0.6) is 0 Å². The molecule has 3 aromatic rings. The number of anilines is 2. The van der Waals surface area contributed by atoms with Crippen molar-refractivity contribution in [2.24, 2.45) is 0 Å². The highest BCUT2D eigenvalue weighted by Crippen LogP contribution is 2.34. The fourth-order valence-electron chi connectivity index (χ4n) is 3.60. The molecule has 8 nitrogen and oxygen atoms in total. The molecule has 1 aliphatic heterocycles. The molecule has 1 aliphatic rings. The zero-order valence-corrected chi connectivity index (χ0v) is 17.4. The Kier molecular flexibility index (Phi) is 5.97. The van der Waals surface area contributed by atoms with Crippen molar-refractivity contribution in [2.45, 2.75) is 19.5 Å². The molecule has 2 amide bonds. The monoisotopic (exact) mass is 445 g/mol. The molecule has 2 aromatic carbocycles. The van der Waals surface area contributed by atoms with E-state index in [-0.39, 0.29) is 5.69 Å². The Hall–Kier alpha value is -3.63. The third-order valence-electron chi connectivity index (χ3n) is 5.34. The number of piperazine rings is 1. The van der Waals surface area contributed by atoms with Crippen LogP contribution < -0.4 is 10.2 Å². The Balaban J connectivity index is 1.43. The normalized spacial score (nSPS) is 14.5. The molecule has 0 bridgehead atoms. The number of halogens is 3. The Morgan fingerprint density at radius 1 is 1.06 bits per heavy atom. The van der Waals surface area contributed by atoms with Gasteiger partial charge in [0.15, 0.2) is 0 Å². The molecule has 0 spiro atoms. The minimum atomic E-state index is -4.55. The summed E-state index contributed by atoms with van der Waals surface area (Å²) in [5.74, 6) is 0.556. The standard InChI is InChI=1S/C21H22F3N7O/c1-2-15-6-5-7-16(14-15)31-19(26-27-28-31)29-10-12-30(13-11-29)20(32)25-18-9-4-3-8-17(18)21(22,23)24/h3-9,14H,2,10-13H2,1H3,(H,25,32). The number of hydrogen-bond donors (Lipinski definition) is 1. The van der Waals surface area contributed by atoms with Gasteiger partial charge in [-0.1, -0.05) is 36.3 Å². The lowest BCUT2D eigenvalue weighted by Crippen LogP contribution is -2.50. The summed E-state index contributed by atoms with van der Waals surface area (Å²) in [4.78, 5) is 16.0. The predicted molar refractivity (Wildman–Crippen MR) is 113 cm³/mol. The number of nitrogens with zero attached hydrogens (tertiary/aromatic N) is 6. The minimum absolute atomic E-state index is 0.257. The first-order valence-corrected chi connectivity index (χ1v) is 10.2. The zero-order valence-electron chi connectivity index (χ0n) is 17.4. The first kappa shape index (κ1) is 21.6. The van der Waals surface area contributed by atoms with Crippen LogP contribution in [-0.4, -0.2) is 57.3 Å². The van der Waals surface area contributed by atoms with Crippen LogP contribution in [0.3, 0.4) is 0 Å². The number of aryl methyl sites for hydroxylation is 1. The van der Waals surface area contributed by atoms with Gasteiger partial charge in [-0.25, -0.2) is 4.79 Å². The lowest BCUT2D eigenvalue weighted by atomic mass is 10.1. The SMILES string of the molecule is CCc1cccc(-n2nnnc2N2CCN(C(=O)Nc3ccccc3C(F)(F)F)CC2)c1. The van der Waals surface area contributed by atoms with Crippen LogP contribution in [0.1, 0.15) is 18.1 Å². The maximum atomic E-state index is 13.2. The van der Waals surface area contributed by atoms with Crippen LogP contribution in [0.2, 0.25) is 0 Å². The number of tetrazole rings is 1. The van der Waals surface area contributed by atoms with Gasteiger partial charge in [0.25, 0.3) is 0 Å². The van der Waals surface area contributed by atoms with Crippen LogP contribution in [0.4, 0.5) is 29.6 Å². The maximum Gasteiger partial charge on any atom is 0.418 e. The number of benzene rings is 2. The van der Waals surface area contributed by atoms with Crippen LogP contribution in [-0.2, 0) is 12.6 Å². The summed E-state index contributed by atoms with van der Waals surface area (Å²) in [6.07, 6.45) is -3.66. The zero-order chi connectivity index (χ0) is 22.7.